The highest BCUT2D eigenvalue weighted by Gasteiger charge is 2.47. The molecule has 1 aliphatic heterocycles. The van der Waals surface area contributed by atoms with Gasteiger partial charge >= 0.3 is 0 Å². The number of anilines is 1. The van der Waals surface area contributed by atoms with Crippen LogP contribution in [0.2, 0.25) is 5.02 Å². The number of aliphatic hydroxyl groups excluding tert-OH is 1. The minimum absolute atomic E-state index is 0.173. The van der Waals surface area contributed by atoms with Crippen molar-refractivity contribution in [2.24, 2.45) is 0 Å². The van der Waals surface area contributed by atoms with Crippen molar-refractivity contribution in [3.8, 4) is 5.75 Å². The number of benzene rings is 3. The summed E-state index contributed by atoms with van der Waals surface area (Å²) in [6, 6.07) is 12.6. The zero-order chi connectivity index (χ0) is 23.9. The lowest BCUT2D eigenvalue weighted by atomic mass is 9.94. The van der Waals surface area contributed by atoms with Crippen LogP contribution in [0.4, 0.5) is 14.5 Å². The number of hydrogen-bond acceptors (Lipinski definition) is 4. The third-order valence-corrected chi connectivity index (χ3v) is 5.77. The van der Waals surface area contributed by atoms with E-state index in [-0.39, 0.29) is 27.4 Å². The molecule has 1 unspecified atom stereocenters. The summed E-state index contributed by atoms with van der Waals surface area (Å²) in [7, 11) is 1.44. The second-order valence-electron chi connectivity index (χ2n) is 7.50. The normalized spacial score (nSPS) is 17.5. The number of nitrogens with zero attached hydrogens (tertiary/aromatic N) is 1. The van der Waals surface area contributed by atoms with Crippen LogP contribution in [0.5, 0.6) is 5.75 Å². The number of halogens is 3. The van der Waals surface area contributed by atoms with Crippen LogP contribution in [0, 0.1) is 18.6 Å². The van der Waals surface area contributed by atoms with Gasteiger partial charge in [0, 0.05) is 11.3 Å². The fourth-order valence-corrected chi connectivity index (χ4v) is 4.06. The second-order valence-corrected chi connectivity index (χ2v) is 7.91. The van der Waals surface area contributed by atoms with E-state index in [9.17, 15) is 23.5 Å². The van der Waals surface area contributed by atoms with Crippen LogP contribution >= 0.6 is 11.6 Å². The number of aryl methyl sites for hydroxylation is 1. The first-order valence-corrected chi connectivity index (χ1v) is 10.3. The third kappa shape index (κ3) is 3.96. The number of methoxy groups -OCH3 is 1. The first-order valence-electron chi connectivity index (χ1n) is 9.89. The molecule has 0 spiro atoms. The van der Waals surface area contributed by atoms with Crippen molar-refractivity contribution in [1.29, 1.82) is 0 Å². The van der Waals surface area contributed by atoms with Crippen molar-refractivity contribution < 1.29 is 28.2 Å². The van der Waals surface area contributed by atoms with Crippen LogP contribution in [-0.4, -0.2) is 23.9 Å². The number of ketones is 1. The Balaban J connectivity index is 1.94. The summed E-state index contributed by atoms with van der Waals surface area (Å²) >= 11 is 6.24. The Labute approximate surface area is 193 Å². The summed E-state index contributed by atoms with van der Waals surface area (Å²) in [5.74, 6) is -2.90. The maximum atomic E-state index is 13.8. The van der Waals surface area contributed by atoms with E-state index in [1.165, 1.54) is 61.4 Å². The third-order valence-electron chi connectivity index (χ3n) is 5.48. The van der Waals surface area contributed by atoms with E-state index in [1.807, 2.05) is 0 Å². The summed E-state index contributed by atoms with van der Waals surface area (Å²) in [5.41, 5.74) is 0.902. The fraction of sp³-hybridized carbons (Fsp3) is 0.120. The predicted molar refractivity (Wildman–Crippen MR) is 120 cm³/mol. The topological polar surface area (TPSA) is 66.8 Å². The summed E-state index contributed by atoms with van der Waals surface area (Å²) in [4.78, 5) is 27.4. The van der Waals surface area contributed by atoms with Crippen LogP contribution in [0.3, 0.4) is 0 Å². The Morgan fingerprint density at radius 2 is 1.73 bits per heavy atom. The minimum atomic E-state index is -1.07. The van der Waals surface area contributed by atoms with E-state index >= 15 is 0 Å². The molecule has 1 heterocycles. The zero-order valence-electron chi connectivity index (χ0n) is 17.6. The van der Waals surface area contributed by atoms with E-state index in [0.29, 0.717) is 11.3 Å². The van der Waals surface area contributed by atoms with Crippen molar-refractivity contribution in [1.82, 2.24) is 0 Å². The molecule has 33 heavy (non-hydrogen) atoms. The lowest BCUT2D eigenvalue weighted by Gasteiger charge is -2.26. The molecule has 1 atom stereocenters. The summed E-state index contributed by atoms with van der Waals surface area (Å²) in [6.07, 6.45) is 0. The molecular formula is C25H18ClF2NO4. The lowest BCUT2D eigenvalue weighted by molar-refractivity contribution is -0.132. The maximum Gasteiger partial charge on any atom is 0.300 e. The second kappa shape index (κ2) is 8.67. The van der Waals surface area contributed by atoms with Gasteiger partial charge in [0.1, 0.15) is 23.1 Å². The Kier molecular flexibility index (Phi) is 5.91. The van der Waals surface area contributed by atoms with Gasteiger partial charge in [0.25, 0.3) is 11.7 Å². The zero-order valence-corrected chi connectivity index (χ0v) is 18.4. The average molecular weight is 470 g/mol. The Morgan fingerprint density at radius 3 is 2.33 bits per heavy atom. The Morgan fingerprint density at radius 1 is 1.03 bits per heavy atom. The van der Waals surface area contributed by atoms with Gasteiger partial charge in [-0.05, 0) is 66.6 Å². The number of carbonyl (C=O) groups is 2. The van der Waals surface area contributed by atoms with Gasteiger partial charge in [-0.25, -0.2) is 8.78 Å². The van der Waals surface area contributed by atoms with Crippen LogP contribution < -0.4 is 9.64 Å². The first kappa shape index (κ1) is 22.5. The van der Waals surface area contributed by atoms with Gasteiger partial charge in [-0.1, -0.05) is 23.7 Å². The average Bonchev–Trinajstić information content (AvgIpc) is 3.06. The van der Waals surface area contributed by atoms with Crippen molar-refractivity contribution in [3.63, 3.8) is 0 Å². The van der Waals surface area contributed by atoms with Crippen molar-refractivity contribution >= 4 is 34.7 Å². The molecule has 1 amide bonds. The highest BCUT2D eigenvalue weighted by atomic mass is 35.5. The van der Waals surface area contributed by atoms with Crippen molar-refractivity contribution in [3.05, 3.63) is 99.6 Å². The standard InChI is InChI=1S/C25H18ClF2NO4/c1-13-11-15(5-9-19(13)28)23(30)21-22(14-3-6-16(27)7-4-14)29(25(32)24(21)31)17-8-10-20(33-2)18(26)12-17/h3-12,22,30H,1-2H3/b23-21+. The van der Waals surface area contributed by atoms with Gasteiger partial charge < -0.3 is 9.84 Å². The molecule has 1 fully saturated rings. The van der Waals surface area contributed by atoms with Crippen LogP contribution in [0.25, 0.3) is 5.76 Å². The number of aliphatic hydroxyl groups is 1. The number of carbonyl (C=O) groups excluding carboxylic acids is 2. The summed E-state index contributed by atoms with van der Waals surface area (Å²) < 4.78 is 32.5. The first-order chi connectivity index (χ1) is 15.7. The highest BCUT2D eigenvalue weighted by Crippen LogP contribution is 2.43. The number of hydrogen-bond donors (Lipinski definition) is 1. The molecular weight excluding hydrogens is 452 g/mol. The molecule has 5 nitrogen and oxygen atoms in total. The van der Waals surface area contributed by atoms with Gasteiger partial charge in [0.2, 0.25) is 0 Å². The Hall–Kier alpha value is -3.71. The fourth-order valence-electron chi connectivity index (χ4n) is 3.81. The number of Topliss-reactive ketones (excluding diaryl/α,β-unsaturated/α-hetero) is 1. The number of rotatable bonds is 4. The minimum Gasteiger partial charge on any atom is -0.507 e. The van der Waals surface area contributed by atoms with Gasteiger partial charge in [-0.2, -0.15) is 0 Å². The van der Waals surface area contributed by atoms with E-state index in [2.05, 4.69) is 0 Å². The molecule has 3 aromatic carbocycles. The van der Waals surface area contributed by atoms with Gasteiger partial charge in [-0.15, -0.1) is 0 Å². The molecule has 1 aliphatic rings. The molecule has 0 saturated carbocycles. The maximum absolute atomic E-state index is 13.8. The van der Waals surface area contributed by atoms with Gasteiger partial charge in [0.15, 0.2) is 0 Å². The SMILES string of the molecule is COc1ccc(N2C(=O)C(=O)/C(=C(/O)c3ccc(F)c(C)c3)C2c2ccc(F)cc2)cc1Cl. The molecule has 168 valence electrons. The Bertz CT molecular complexity index is 1300. The molecule has 0 bridgehead atoms. The highest BCUT2D eigenvalue weighted by molar-refractivity contribution is 6.51. The van der Waals surface area contributed by atoms with Crippen LogP contribution in [0.1, 0.15) is 22.7 Å². The van der Waals surface area contributed by atoms with Crippen molar-refractivity contribution in [2.75, 3.05) is 12.0 Å². The lowest BCUT2D eigenvalue weighted by Crippen LogP contribution is -2.29. The molecule has 3 aromatic rings. The molecule has 0 radical (unpaired) electrons. The van der Waals surface area contributed by atoms with Crippen LogP contribution in [-0.2, 0) is 9.59 Å². The predicted octanol–water partition coefficient (Wildman–Crippen LogP) is 5.56. The molecule has 8 heteroatoms. The summed E-state index contributed by atoms with van der Waals surface area (Å²) in [6.45, 7) is 1.52. The van der Waals surface area contributed by atoms with Crippen molar-refractivity contribution in [2.45, 2.75) is 13.0 Å². The van der Waals surface area contributed by atoms with Gasteiger partial charge in [0.05, 0.1) is 23.7 Å². The smallest absolute Gasteiger partial charge is 0.300 e. The molecule has 0 aliphatic carbocycles. The largest absolute Gasteiger partial charge is 0.507 e. The van der Waals surface area contributed by atoms with E-state index < -0.39 is 35.1 Å². The van der Waals surface area contributed by atoms with E-state index in [4.69, 9.17) is 16.3 Å². The monoisotopic (exact) mass is 469 g/mol. The van der Waals surface area contributed by atoms with E-state index in [0.717, 1.165) is 6.07 Å². The van der Waals surface area contributed by atoms with E-state index in [1.54, 1.807) is 12.1 Å². The molecule has 1 N–H and O–H groups in total. The molecule has 4 rings (SSSR count). The molecule has 1 saturated heterocycles. The van der Waals surface area contributed by atoms with Gasteiger partial charge in [-0.3, -0.25) is 14.5 Å². The summed E-state index contributed by atoms with van der Waals surface area (Å²) in [5, 5.41) is 11.3. The number of amides is 1. The molecule has 0 aromatic heterocycles. The quantitative estimate of drug-likeness (QED) is 0.308. The van der Waals surface area contributed by atoms with Crippen LogP contribution in [0.15, 0.2) is 66.2 Å². The number of ether oxygens (including phenoxy) is 1.